The van der Waals surface area contributed by atoms with Crippen LogP contribution in [-0.2, 0) is 6.54 Å². The molecule has 0 aromatic carbocycles. The van der Waals surface area contributed by atoms with Gasteiger partial charge in [0, 0.05) is 31.4 Å². The SMILES string of the molecule is CC1(C)[C@@H](C=C(Cl)Cl)[C@@H]1c1nc(C#N)c(NCCCn2ccnc2)o1. The zero-order chi connectivity index (χ0) is 18.0. The Morgan fingerprint density at radius 2 is 2.32 bits per heavy atom. The maximum Gasteiger partial charge on any atom is 0.232 e. The molecule has 0 radical (unpaired) electrons. The van der Waals surface area contributed by atoms with Crippen molar-refractivity contribution >= 4 is 29.1 Å². The molecule has 0 saturated heterocycles. The third kappa shape index (κ3) is 3.83. The molecule has 25 heavy (non-hydrogen) atoms. The highest BCUT2D eigenvalue weighted by atomic mass is 35.5. The van der Waals surface area contributed by atoms with Crippen LogP contribution in [0.5, 0.6) is 0 Å². The fourth-order valence-corrected chi connectivity index (χ4v) is 3.42. The largest absolute Gasteiger partial charge is 0.423 e. The van der Waals surface area contributed by atoms with Gasteiger partial charge in [0.05, 0.1) is 6.33 Å². The summed E-state index contributed by atoms with van der Waals surface area (Å²) in [5.41, 5.74) is 0.228. The number of allylic oxidation sites excluding steroid dienone is 1. The van der Waals surface area contributed by atoms with Crippen molar-refractivity contribution in [3.05, 3.63) is 40.9 Å². The van der Waals surface area contributed by atoms with E-state index < -0.39 is 0 Å². The van der Waals surface area contributed by atoms with Crippen molar-refractivity contribution in [2.45, 2.75) is 32.7 Å². The molecule has 3 rings (SSSR count). The molecule has 1 aliphatic rings. The number of hydrogen-bond donors (Lipinski definition) is 1. The van der Waals surface area contributed by atoms with Gasteiger partial charge >= 0.3 is 0 Å². The van der Waals surface area contributed by atoms with Gasteiger partial charge in [0.2, 0.25) is 17.5 Å². The number of halogens is 2. The number of aromatic nitrogens is 3. The quantitative estimate of drug-likeness (QED) is 0.725. The smallest absolute Gasteiger partial charge is 0.232 e. The number of imidazole rings is 1. The van der Waals surface area contributed by atoms with Gasteiger partial charge in [-0.25, -0.2) is 9.97 Å². The number of aryl methyl sites for hydroxylation is 1. The minimum Gasteiger partial charge on any atom is -0.423 e. The highest BCUT2D eigenvalue weighted by Gasteiger charge is 2.60. The summed E-state index contributed by atoms with van der Waals surface area (Å²) in [4.78, 5) is 8.36. The predicted molar refractivity (Wildman–Crippen MR) is 96.4 cm³/mol. The number of nitriles is 1. The van der Waals surface area contributed by atoms with Crippen LogP contribution in [0.3, 0.4) is 0 Å². The van der Waals surface area contributed by atoms with E-state index in [-0.39, 0.29) is 27.4 Å². The van der Waals surface area contributed by atoms with Crippen LogP contribution in [0.2, 0.25) is 0 Å². The highest BCUT2D eigenvalue weighted by Crippen LogP contribution is 2.65. The molecule has 1 fully saturated rings. The van der Waals surface area contributed by atoms with E-state index in [0.717, 1.165) is 13.0 Å². The van der Waals surface area contributed by atoms with Gasteiger partial charge in [-0.2, -0.15) is 5.26 Å². The Kier molecular flexibility index (Phi) is 5.07. The lowest BCUT2D eigenvalue weighted by atomic mass is 10.1. The van der Waals surface area contributed by atoms with Crippen molar-refractivity contribution in [3.63, 3.8) is 0 Å². The third-order valence-corrected chi connectivity index (χ3v) is 4.92. The molecule has 0 spiro atoms. The molecule has 2 atom stereocenters. The maximum absolute atomic E-state index is 9.30. The minimum atomic E-state index is -0.0503. The molecule has 6 nitrogen and oxygen atoms in total. The summed E-state index contributed by atoms with van der Waals surface area (Å²) in [6, 6.07) is 2.09. The van der Waals surface area contributed by atoms with E-state index in [1.54, 1.807) is 12.5 Å². The summed E-state index contributed by atoms with van der Waals surface area (Å²) in [6.07, 6.45) is 8.12. The number of rotatable bonds is 7. The van der Waals surface area contributed by atoms with E-state index in [1.165, 1.54) is 0 Å². The van der Waals surface area contributed by atoms with Gasteiger partial charge in [-0.15, -0.1) is 0 Å². The zero-order valence-corrected chi connectivity index (χ0v) is 15.6. The summed E-state index contributed by atoms with van der Waals surface area (Å²) < 4.78 is 8.07. The van der Waals surface area contributed by atoms with Crippen molar-refractivity contribution in [1.82, 2.24) is 14.5 Å². The first kappa shape index (κ1) is 17.8. The second-order valence-corrected chi connectivity index (χ2v) is 7.71. The fraction of sp³-hybridized carbons (Fsp3) is 0.471. The van der Waals surface area contributed by atoms with Gasteiger partial charge in [-0.05, 0) is 23.8 Å². The molecule has 0 amide bonds. The molecule has 0 bridgehead atoms. The Bertz CT molecular complexity index is 800. The van der Waals surface area contributed by atoms with Gasteiger partial charge in [0.15, 0.2) is 0 Å². The maximum atomic E-state index is 9.30. The lowest BCUT2D eigenvalue weighted by Crippen LogP contribution is -2.06. The van der Waals surface area contributed by atoms with Crippen LogP contribution in [-0.4, -0.2) is 21.1 Å². The van der Waals surface area contributed by atoms with E-state index in [1.807, 2.05) is 16.8 Å². The molecule has 1 aliphatic carbocycles. The van der Waals surface area contributed by atoms with E-state index in [2.05, 4.69) is 35.2 Å². The molecular weight excluding hydrogens is 361 g/mol. The van der Waals surface area contributed by atoms with E-state index in [9.17, 15) is 5.26 Å². The molecule has 0 aliphatic heterocycles. The molecule has 2 aromatic rings. The molecule has 2 aromatic heterocycles. The number of hydrogen-bond acceptors (Lipinski definition) is 5. The lowest BCUT2D eigenvalue weighted by molar-refractivity contribution is 0.475. The Labute approximate surface area is 156 Å². The first-order valence-electron chi connectivity index (χ1n) is 8.06. The highest BCUT2D eigenvalue weighted by molar-refractivity contribution is 6.55. The Hall–Kier alpha value is -1.97. The summed E-state index contributed by atoms with van der Waals surface area (Å²) in [5, 5.41) is 12.5. The summed E-state index contributed by atoms with van der Waals surface area (Å²) >= 11 is 11.6. The summed E-state index contributed by atoms with van der Waals surface area (Å²) in [5.74, 6) is 1.19. The van der Waals surface area contributed by atoms with Crippen LogP contribution in [0.1, 0.15) is 37.8 Å². The number of nitrogens with one attached hydrogen (secondary N) is 1. The van der Waals surface area contributed by atoms with E-state index >= 15 is 0 Å². The van der Waals surface area contributed by atoms with Crippen molar-refractivity contribution in [2.24, 2.45) is 11.3 Å². The second-order valence-electron chi connectivity index (χ2n) is 6.70. The van der Waals surface area contributed by atoms with Gasteiger partial charge < -0.3 is 14.3 Å². The fourth-order valence-electron chi connectivity index (χ4n) is 3.14. The Morgan fingerprint density at radius 3 is 2.96 bits per heavy atom. The standard InChI is InChI=1S/C17H19Cl2N5O/c1-17(2)11(8-13(18)19)14(17)16-23-12(9-20)15(25-16)22-4-3-6-24-7-5-21-10-24/h5,7-8,10-11,14,22H,3-4,6H2,1-2H3/t11-,14+/m0/s1. The van der Waals surface area contributed by atoms with Crippen molar-refractivity contribution in [2.75, 3.05) is 11.9 Å². The van der Waals surface area contributed by atoms with Crippen LogP contribution < -0.4 is 5.32 Å². The van der Waals surface area contributed by atoms with Crippen molar-refractivity contribution in [1.29, 1.82) is 5.26 Å². The third-order valence-electron chi connectivity index (χ3n) is 4.67. The van der Waals surface area contributed by atoms with Crippen LogP contribution >= 0.6 is 23.2 Å². The molecule has 1 saturated carbocycles. The topological polar surface area (TPSA) is 79.7 Å². The Morgan fingerprint density at radius 1 is 1.52 bits per heavy atom. The number of nitrogens with zero attached hydrogens (tertiary/aromatic N) is 4. The summed E-state index contributed by atoms with van der Waals surface area (Å²) in [6.45, 7) is 5.72. The van der Waals surface area contributed by atoms with E-state index in [4.69, 9.17) is 27.6 Å². The normalized spacial score (nSPS) is 20.8. The molecule has 2 heterocycles. The summed E-state index contributed by atoms with van der Waals surface area (Å²) in [7, 11) is 0. The first-order chi connectivity index (χ1) is 11.9. The van der Waals surface area contributed by atoms with Gasteiger partial charge in [-0.1, -0.05) is 37.0 Å². The van der Waals surface area contributed by atoms with Crippen LogP contribution in [0, 0.1) is 22.7 Å². The molecule has 8 heteroatoms. The number of anilines is 1. The zero-order valence-electron chi connectivity index (χ0n) is 14.0. The molecule has 132 valence electrons. The predicted octanol–water partition coefficient (Wildman–Crippen LogP) is 4.30. The van der Waals surface area contributed by atoms with Crippen LogP contribution in [0.25, 0.3) is 0 Å². The second kappa shape index (κ2) is 7.11. The van der Waals surface area contributed by atoms with Crippen LogP contribution in [0.15, 0.2) is 33.7 Å². The lowest BCUT2D eigenvalue weighted by Gasteiger charge is -2.03. The average molecular weight is 380 g/mol. The van der Waals surface area contributed by atoms with Gasteiger partial charge in [-0.3, -0.25) is 0 Å². The minimum absolute atomic E-state index is 0.0503. The van der Waals surface area contributed by atoms with Crippen molar-refractivity contribution < 1.29 is 4.42 Å². The Balaban J connectivity index is 1.64. The molecule has 1 N–H and O–H groups in total. The monoisotopic (exact) mass is 379 g/mol. The molecule has 0 unspecified atom stereocenters. The van der Waals surface area contributed by atoms with Gasteiger partial charge in [0.25, 0.3) is 0 Å². The van der Waals surface area contributed by atoms with Gasteiger partial charge in [0.1, 0.15) is 10.6 Å². The average Bonchev–Trinajstić information content (AvgIpc) is 3.00. The number of oxazole rings is 1. The van der Waals surface area contributed by atoms with E-state index in [0.29, 0.717) is 18.3 Å². The van der Waals surface area contributed by atoms with Crippen molar-refractivity contribution in [3.8, 4) is 6.07 Å². The first-order valence-corrected chi connectivity index (χ1v) is 8.82. The van der Waals surface area contributed by atoms with Crippen LogP contribution in [0.4, 0.5) is 5.88 Å². The molecular formula is C17H19Cl2N5O.